The molecule has 0 saturated heterocycles. The van der Waals surface area contributed by atoms with Gasteiger partial charge in [0.1, 0.15) is 0 Å². The van der Waals surface area contributed by atoms with Crippen molar-refractivity contribution in [2.75, 3.05) is 7.05 Å². The number of pyridine rings is 1. The van der Waals surface area contributed by atoms with E-state index in [-0.39, 0.29) is 11.7 Å². The molecule has 1 unspecified atom stereocenters. The number of likely N-dealkylation sites (N-methyl/N-ethyl adjacent to an activating group) is 1. The summed E-state index contributed by atoms with van der Waals surface area (Å²) in [6, 6.07) is 9.07. The molecule has 0 spiro atoms. The normalized spacial score (nSPS) is 19.5. The highest BCUT2D eigenvalue weighted by Crippen LogP contribution is 2.40. The van der Waals surface area contributed by atoms with Gasteiger partial charge in [0.15, 0.2) is 5.96 Å². The number of thiazole rings is 1. The molecule has 29 heavy (non-hydrogen) atoms. The largest absolute Gasteiger partial charge is 0.417 e. The van der Waals surface area contributed by atoms with Crippen LogP contribution in [0.5, 0.6) is 0 Å². The predicted octanol–water partition coefficient (Wildman–Crippen LogP) is 3.25. The zero-order chi connectivity index (χ0) is 20.8. The first-order valence-electron chi connectivity index (χ1n) is 8.40. The van der Waals surface area contributed by atoms with E-state index in [0.29, 0.717) is 11.8 Å². The SMILES string of the molecule is CN1C(=O)C(c2cccc(-c3cncs3)c2)(c2ccc(C(F)(F)F)cn2)N=C1N. The number of nitrogens with zero attached hydrogens (tertiary/aromatic N) is 4. The van der Waals surface area contributed by atoms with E-state index in [9.17, 15) is 18.0 Å². The van der Waals surface area contributed by atoms with Crippen molar-refractivity contribution >= 4 is 23.2 Å². The Morgan fingerprint density at radius 3 is 2.52 bits per heavy atom. The van der Waals surface area contributed by atoms with Crippen LogP contribution in [0.25, 0.3) is 10.4 Å². The van der Waals surface area contributed by atoms with E-state index < -0.39 is 23.2 Å². The van der Waals surface area contributed by atoms with Crippen LogP contribution in [0, 0.1) is 0 Å². The summed E-state index contributed by atoms with van der Waals surface area (Å²) in [7, 11) is 1.46. The van der Waals surface area contributed by atoms with Crippen molar-refractivity contribution < 1.29 is 18.0 Å². The Morgan fingerprint density at radius 2 is 1.97 bits per heavy atom. The second kappa shape index (κ2) is 6.66. The Kier molecular flexibility index (Phi) is 4.38. The molecule has 1 aliphatic rings. The lowest BCUT2D eigenvalue weighted by atomic mass is 9.85. The van der Waals surface area contributed by atoms with Gasteiger partial charge in [0.2, 0.25) is 5.54 Å². The van der Waals surface area contributed by atoms with E-state index in [4.69, 9.17) is 5.73 Å². The molecule has 1 atom stereocenters. The number of alkyl halides is 3. The number of rotatable bonds is 3. The quantitative estimate of drug-likeness (QED) is 0.709. The van der Waals surface area contributed by atoms with Crippen LogP contribution in [0.3, 0.4) is 0 Å². The lowest BCUT2D eigenvalue weighted by Gasteiger charge is -2.25. The number of hydrogen-bond donors (Lipinski definition) is 1. The summed E-state index contributed by atoms with van der Waals surface area (Å²) < 4.78 is 38.9. The van der Waals surface area contributed by atoms with Gasteiger partial charge in [-0.1, -0.05) is 18.2 Å². The summed E-state index contributed by atoms with van der Waals surface area (Å²) in [5, 5.41) is 0. The van der Waals surface area contributed by atoms with Crippen molar-refractivity contribution in [1.29, 1.82) is 0 Å². The number of nitrogens with two attached hydrogens (primary N) is 1. The number of carbonyl (C=O) groups is 1. The number of amides is 1. The molecule has 4 rings (SSSR count). The molecular formula is C19H14F3N5OS. The van der Waals surface area contributed by atoms with Crippen molar-refractivity contribution in [3.8, 4) is 10.4 Å². The summed E-state index contributed by atoms with van der Waals surface area (Å²) in [4.78, 5) is 27.6. The minimum absolute atomic E-state index is 0.0418. The van der Waals surface area contributed by atoms with Crippen molar-refractivity contribution in [3.63, 3.8) is 0 Å². The van der Waals surface area contributed by atoms with E-state index >= 15 is 0 Å². The van der Waals surface area contributed by atoms with Crippen LogP contribution < -0.4 is 5.73 Å². The first-order valence-corrected chi connectivity index (χ1v) is 9.28. The summed E-state index contributed by atoms with van der Waals surface area (Å²) in [6.45, 7) is 0. The number of benzene rings is 1. The monoisotopic (exact) mass is 417 g/mol. The van der Waals surface area contributed by atoms with E-state index in [2.05, 4.69) is 15.0 Å². The van der Waals surface area contributed by atoms with Crippen molar-refractivity contribution in [3.05, 3.63) is 71.1 Å². The highest BCUT2D eigenvalue weighted by Gasteiger charge is 2.51. The first kappa shape index (κ1) is 19.1. The third-order valence-corrected chi connectivity index (χ3v) is 5.52. The molecule has 2 N–H and O–H groups in total. The average molecular weight is 417 g/mol. The fourth-order valence-corrected chi connectivity index (χ4v) is 3.80. The second-order valence-corrected chi connectivity index (χ2v) is 7.31. The lowest BCUT2D eigenvalue weighted by Crippen LogP contribution is -2.41. The molecule has 6 nitrogen and oxygen atoms in total. The number of aromatic nitrogens is 2. The molecule has 1 aromatic carbocycles. The fourth-order valence-electron chi connectivity index (χ4n) is 3.18. The molecule has 0 bridgehead atoms. The van der Waals surface area contributed by atoms with Crippen LogP contribution >= 0.6 is 11.3 Å². The molecule has 0 saturated carbocycles. The van der Waals surface area contributed by atoms with Gasteiger partial charge in [-0.3, -0.25) is 19.7 Å². The Bertz CT molecular complexity index is 1100. The Balaban J connectivity index is 1.90. The average Bonchev–Trinajstić information content (AvgIpc) is 3.32. The Hall–Kier alpha value is -3.27. The smallest absolute Gasteiger partial charge is 0.369 e. The predicted molar refractivity (Wildman–Crippen MR) is 102 cm³/mol. The molecule has 3 aromatic rings. The van der Waals surface area contributed by atoms with Gasteiger partial charge in [-0.2, -0.15) is 13.2 Å². The summed E-state index contributed by atoms with van der Waals surface area (Å²) >= 11 is 1.42. The maximum absolute atomic E-state index is 13.2. The standard InChI is InChI=1S/C19H14F3N5OS/c1-27-16(28)18(26-17(27)23,15-6-5-13(8-25-15)19(20,21)22)12-4-2-3-11(7-12)14-9-24-10-29-14/h2-10H,1H3,(H2,23,26). The zero-order valence-electron chi connectivity index (χ0n) is 15.0. The second-order valence-electron chi connectivity index (χ2n) is 6.42. The van der Waals surface area contributed by atoms with Gasteiger partial charge in [0.25, 0.3) is 5.91 Å². The van der Waals surface area contributed by atoms with Crippen LogP contribution in [0.4, 0.5) is 13.2 Å². The van der Waals surface area contributed by atoms with Gasteiger partial charge >= 0.3 is 6.18 Å². The molecule has 1 aliphatic heterocycles. The number of guanidine groups is 1. The minimum Gasteiger partial charge on any atom is -0.369 e. The highest BCUT2D eigenvalue weighted by molar-refractivity contribution is 7.13. The van der Waals surface area contributed by atoms with Crippen LogP contribution in [0.1, 0.15) is 16.8 Å². The van der Waals surface area contributed by atoms with E-state index in [1.165, 1.54) is 23.3 Å². The summed E-state index contributed by atoms with van der Waals surface area (Å²) in [5.41, 5.74) is 6.31. The molecule has 1 amide bonds. The van der Waals surface area contributed by atoms with Crippen LogP contribution in [0.2, 0.25) is 0 Å². The minimum atomic E-state index is -4.54. The van der Waals surface area contributed by atoms with Gasteiger partial charge in [0, 0.05) is 19.4 Å². The Morgan fingerprint density at radius 1 is 1.17 bits per heavy atom. The van der Waals surface area contributed by atoms with E-state index in [1.807, 2.05) is 6.07 Å². The van der Waals surface area contributed by atoms with Crippen molar-refractivity contribution in [2.45, 2.75) is 11.7 Å². The third kappa shape index (κ3) is 3.05. The van der Waals surface area contributed by atoms with Crippen molar-refractivity contribution in [2.24, 2.45) is 10.7 Å². The molecule has 2 aromatic heterocycles. The Labute approximate surface area is 167 Å². The van der Waals surface area contributed by atoms with Gasteiger partial charge < -0.3 is 5.73 Å². The van der Waals surface area contributed by atoms with Crippen LogP contribution in [-0.2, 0) is 16.5 Å². The lowest BCUT2D eigenvalue weighted by molar-refractivity contribution is -0.137. The maximum Gasteiger partial charge on any atom is 0.417 e. The maximum atomic E-state index is 13.2. The first-order chi connectivity index (χ1) is 13.7. The number of halogens is 3. The summed E-state index contributed by atoms with van der Waals surface area (Å²) in [6.07, 6.45) is -2.15. The molecule has 10 heteroatoms. The molecule has 0 radical (unpaired) electrons. The number of aliphatic imine (C=N–C) groups is 1. The van der Waals surface area contributed by atoms with Crippen molar-refractivity contribution in [1.82, 2.24) is 14.9 Å². The van der Waals surface area contributed by atoms with Crippen LogP contribution in [-0.4, -0.2) is 33.8 Å². The fraction of sp³-hybridized carbons (Fsp3) is 0.158. The molecule has 148 valence electrons. The molecule has 0 aliphatic carbocycles. The molecule has 0 fully saturated rings. The van der Waals surface area contributed by atoms with E-state index in [0.717, 1.165) is 22.6 Å². The van der Waals surface area contributed by atoms with Gasteiger partial charge in [-0.05, 0) is 29.3 Å². The number of carbonyl (C=O) groups excluding carboxylic acids is 1. The zero-order valence-corrected chi connectivity index (χ0v) is 15.8. The number of hydrogen-bond acceptors (Lipinski definition) is 6. The molecular weight excluding hydrogens is 403 g/mol. The van der Waals surface area contributed by atoms with Gasteiger partial charge in [-0.25, -0.2) is 4.99 Å². The van der Waals surface area contributed by atoms with Gasteiger partial charge in [-0.15, -0.1) is 11.3 Å². The highest BCUT2D eigenvalue weighted by atomic mass is 32.1. The third-order valence-electron chi connectivity index (χ3n) is 4.70. The van der Waals surface area contributed by atoms with Crippen LogP contribution in [0.15, 0.2) is 59.3 Å². The summed E-state index contributed by atoms with van der Waals surface area (Å²) in [5.74, 6) is -0.538. The topological polar surface area (TPSA) is 84.5 Å². The van der Waals surface area contributed by atoms with E-state index in [1.54, 1.807) is 29.9 Å². The van der Waals surface area contributed by atoms with Gasteiger partial charge in [0.05, 0.1) is 21.6 Å². The molecule has 3 heterocycles.